The molecule has 0 fully saturated rings. The molecule has 0 amide bonds. The molecule has 0 aromatic carbocycles. The highest BCUT2D eigenvalue weighted by Crippen LogP contribution is 2.39. The van der Waals surface area contributed by atoms with Crippen LogP contribution in [-0.2, 0) is 0 Å². The van der Waals surface area contributed by atoms with Crippen LogP contribution in [0.3, 0.4) is 0 Å². The van der Waals surface area contributed by atoms with Crippen molar-refractivity contribution in [2.75, 3.05) is 0 Å². The van der Waals surface area contributed by atoms with E-state index in [4.69, 9.17) is 4.42 Å². The van der Waals surface area contributed by atoms with Crippen molar-refractivity contribution in [3.8, 4) is 0 Å². The van der Waals surface area contributed by atoms with Crippen molar-refractivity contribution in [1.29, 1.82) is 0 Å². The largest absolute Gasteiger partial charge is 0.465 e. The van der Waals surface area contributed by atoms with Crippen LogP contribution in [-0.4, -0.2) is 0 Å². The molecule has 2 aromatic heterocycles. The van der Waals surface area contributed by atoms with Gasteiger partial charge >= 0.3 is 0 Å². The zero-order chi connectivity index (χ0) is 10.1. The number of rotatable bonds is 2. The van der Waals surface area contributed by atoms with Gasteiger partial charge in [-0.05, 0) is 46.4 Å². The van der Waals surface area contributed by atoms with Crippen LogP contribution in [0.25, 0.3) is 0 Å². The lowest BCUT2D eigenvalue weighted by atomic mass is 10.3. The van der Waals surface area contributed by atoms with Gasteiger partial charge in [0.05, 0.1) is 0 Å². The second-order valence-corrected chi connectivity index (χ2v) is 5.66. The molecule has 0 saturated carbocycles. The van der Waals surface area contributed by atoms with Gasteiger partial charge in [0.25, 0.3) is 0 Å². The maximum absolute atomic E-state index is 5.56. The average molecular weight is 336 g/mol. The molecule has 1 nitrogen and oxygen atoms in total. The highest BCUT2D eigenvalue weighted by molar-refractivity contribution is 9.11. The van der Waals surface area contributed by atoms with E-state index >= 15 is 0 Å². The topological polar surface area (TPSA) is 13.1 Å². The molecule has 2 aromatic rings. The summed E-state index contributed by atoms with van der Waals surface area (Å²) < 4.78 is 6.69. The lowest BCUT2D eigenvalue weighted by Crippen LogP contribution is -1.86. The van der Waals surface area contributed by atoms with Crippen LogP contribution >= 0.6 is 43.2 Å². The zero-order valence-electron chi connectivity index (χ0n) is 7.46. The van der Waals surface area contributed by atoms with E-state index in [1.54, 1.807) is 11.3 Å². The number of hydrogen-bond donors (Lipinski definition) is 0. The molecule has 1 atom stereocenters. The first-order chi connectivity index (χ1) is 6.68. The summed E-state index contributed by atoms with van der Waals surface area (Å²) in [6.07, 6.45) is 0. The second kappa shape index (κ2) is 4.21. The quantitative estimate of drug-likeness (QED) is 0.712. The first kappa shape index (κ1) is 10.5. The van der Waals surface area contributed by atoms with E-state index in [1.165, 1.54) is 4.88 Å². The Balaban J connectivity index is 2.33. The third-order valence-corrected chi connectivity index (χ3v) is 5.03. The van der Waals surface area contributed by atoms with Crippen molar-refractivity contribution in [3.05, 3.63) is 44.4 Å². The van der Waals surface area contributed by atoms with Gasteiger partial charge in [-0.3, -0.25) is 0 Å². The van der Waals surface area contributed by atoms with Gasteiger partial charge in [0, 0.05) is 9.35 Å². The number of alkyl halides is 1. The van der Waals surface area contributed by atoms with Crippen LogP contribution in [0.15, 0.2) is 32.5 Å². The Hall–Kier alpha value is -0.0600. The molecule has 0 bridgehead atoms. The fourth-order valence-corrected chi connectivity index (χ4v) is 3.91. The minimum absolute atomic E-state index is 0.144. The summed E-state index contributed by atoms with van der Waals surface area (Å²) >= 11 is 8.84. The zero-order valence-corrected chi connectivity index (χ0v) is 11.4. The normalized spacial score (nSPS) is 13.1. The number of halogens is 2. The molecule has 0 saturated heterocycles. The molecular formula is C10H8Br2OS. The first-order valence-corrected chi connectivity index (χ1v) is 6.70. The van der Waals surface area contributed by atoms with Crippen LogP contribution in [0.2, 0.25) is 0 Å². The van der Waals surface area contributed by atoms with Gasteiger partial charge in [-0.25, -0.2) is 0 Å². The minimum Gasteiger partial charge on any atom is -0.465 e. The summed E-state index contributed by atoms with van der Waals surface area (Å²) in [6.45, 7) is 1.95. The van der Waals surface area contributed by atoms with E-state index in [0.29, 0.717) is 0 Å². The summed E-state index contributed by atoms with van der Waals surface area (Å²) in [7, 11) is 0. The van der Waals surface area contributed by atoms with Crippen LogP contribution in [0.1, 0.15) is 21.2 Å². The predicted molar refractivity (Wildman–Crippen MR) is 66.2 cm³/mol. The van der Waals surface area contributed by atoms with Gasteiger partial charge in [0.15, 0.2) is 0 Å². The van der Waals surface area contributed by atoms with Crippen LogP contribution < -0.4 is 0 Å². The first-order valence-electron chi connectivity index (χ1n) is 4.12. The minimum atomic E-state index is 0.144. The maximum atomic E-state index is 5.56. The van der Waals surface area contributed by atoms with E-state index in [0.717, 1.165) is 16.0 Å². The Kier molecular flexibility index (Phi) is 3.14. The number of aryl methyl sites for hydroxylation is 1. The van der Waals surface area contributed by atoms with Crippen LogP contribution in [0.4, 0.5) is 0 Å². The van der Waals surface area contributed by atoms with Gasteiger partial charge in [0.1, 0.15) is 16.3 Å². The second-order valence-electron chi connectivity index (χ2n) is 2.94. The Morgan fingerprint density at radius 2 is 2.14 bits per heavy atom. The molecule has 2 rings (SSSR count). The fourth-order valence-electron chi connectivity index (χ4n) is 1.21. The number of hydrogen-bond acceptors (Lipinski definition) is 2. The molecule has 0 aliphatic rings. The number of thiophene rings is 1. The summed E-state index contributed by atoms with van der Waals surface area (Å²) in [6, 6.07) is 6.02. The van der Waals surface area contributed by atoms with Gasteiger partial charge in [-0.15, -0.1) is 11.3 Å². The Bertz CT molecular complexity index is 433. The molecular weight excluding hydrogens is 328 g/mol. The predicted octanol–water partition coefficient (Wildman–Crippen LogP) is 4.90. The molecule has 0 aliphatic carbocycles. The van der Waals surface area contributed by atoms with Crippen molar-refractivity contribution >= 4 is 43.2 Å². The highest BCUT2D eigenvalue weighted by Gasteiger charge is 2.17. The Morgan fingerprint density at radius 1 is 1.36 bits per heavy atom. The van der Waals surface area contributed by atoms with E-state index in [-0.39, 0.29) is 4.83 Å². The van der Waals surface area contributed by atoms with Crippen LogP contribution in [0.5, 0.6) is 0 Å². The molecule has 1 unspecified atom stereocenters. The van der Waals surface area contributed by atoms with Gasteiger partial charge in [-0.1, -0.05) is 15.9 Å². The summed E-state index contributed by atoms with van der Waals surface area (Å²) in [5.74, 6) is 1.89. The molecule has 0 spiro atoms. The third-order valence-electron chi connectivity index (χ3n) is 1.89. The lowest BCUT2D eigenvalue weighted by Gasteiger charge is -2.04. The Morgan fingerprint density at radius 3 is 2.64 bits per heavy atom. The molecule has 0 radical (unpaired) electrons. The third kappa shape index (κ3) is 1.97. The fraction of sp³-hybridized carbons (Fsp3) is 0.200. The number of furan rings is 1. The van der Waals surface area contributed by atoms with Crippen molar-refractivity contribution in [3.63, 3.8) is 0 Å². The molecule has 0 N–H and O–H groups in total. The van der Waals surface area contributed by atoms with E-state index in [9.17, 15) is 0 Å². The highest BCUT2D eigenvalue weighted by atomic mass is 79.9. The van der Waals surface area contributed by atoms with Crippen molar-refractivity contribution in [2.45, 2.75) is 11.8 Å². The smallest absolute Gasteiger partial charge is 0.123 e. The van der Waals surface area contributed by atoms with Gasteiger partial charge in [0.2, 0.25) is 0 Å². The molecule has 0 aliphatic heterocycles. The summed E-state index contributed by atoms with van der Waals surface area (Å²) in [5.41, 5.74) is 0. The van der Waals surface area contributed by atoms with E-state index in [1.807, 2.05) is 25.1 Å². The standard InChI is InChI=1S/C10H8Br2OS/c1-6-2-3-8(13-6)9(12)10-7(11)4-5-14-10/h2-5,9H,1H3. The molecule has 2 heterocycles. The summed E-state index contributed by atoms with van der Waals surface area (Å²) in [4.78, 5) is 1.38. The maximum Gasteiger partial charge on any atom is 0.123 e. The van der Waals surface area contributed by atoms with Crippen molar-refractivity contribution in [1.82, 2.24) is 0 Å². The van der Waals surface area contributed by atoms with Crippen LogP contribution in [0, 0.1) is 6.92 Å². The van der Waals surface area contributed by atoms with E-state index < -0.39 is 0 Å². The molecule has 74 valence electrons. The SMILES string of the molecule is Cc1ccc(C(Br)c2sccc2Br)o1. The average Bonchev–Trinajstić information content (AvgIpc) is 2.73. The van der Waals surface area contributed by atoms with E-state index in [2.05, 4.69) is 37.2 Å². The van der Waals surface area contributed by atoms with Crippen molar-refractivity contribution < 1.29 is 4.42 Å². The molecule has 14 heavy (non-hydrogen) atoms. The molecule has 4 heteroatoms. The lowest BCUT2D eigenvalue weighted by molar-refractivity contribution is 0.492. The van der Waals surface area contributed by atoms with Gasteiger partial charge < -0.3 is 4.42 Å². The van der Waals surface area contributed by atoms with Crippen molar-refractivity contribution in [2.24, 2.45) is 0 Å². The summed E-state index contributed by atoms with van der Waals surface area (Å²) in [5, 5.41) is 2.06. The Labute approximate surface area is 103 Å². The van der Waals surface area contributed by atoms with Gasteiger partial charge in [-0.2, -0.15) is 0 Å². The monoisotopic (exact) mass is 334 g/mol.